The SMILES string of the molecule is O=C1NC(=S)S/C1=C/c1ccc([N+](=O)[O-])c(Cl)c1. The van der Waals surface area contributed by atoms with Crippen LogP contribution in [0.3, 0.4) is 0 Å². The molecule has 0 atom stereocenters. The first-order valence-corrected chi connectivity index (χ1v) is 6.26. The first-order valence-electron chi connectivity index (χ1n) is 4.66. The monoisotopic (exact) mass is 300 g/mol. The summed E-state index contributed by atoms with van der Waals surface area (Å²) in [5.41, 5.74) is 0.436. The number of rotatable bonds is 2. The molecule has 92 valence electrons. The number of nitrogens with zero attached hydrogens (tertiary/aromatic N) is 1. The fourth-order valence-corrected chi connectivity index (χ4v) is 2.64. The zero-order chi connectivity index (χ0) is 13.3. The van der Waals surface area contributed by atoms with Crippen molar-refractivity contribution in [2.24, 2.45) is 0 Å². The van der Waals surface area contributed by atoms with Gasteiger partial charge >= 0.3 is 0 Å². The molecule has 1 heterocycles. The number of amides is 1. The summed E-state index contributed by atoms with van der Waals surface area (Å²) in [6.45, 7) is 0. The lowest BCUT2D eigenvalue weighted by molar-refractivity contribution is -0.384. The lowest BCUT2D eigenvalue weighted by Crippen LogP contribution is -2.17. The summed E-state index contributed by atoms with van der Waals surface area (Å²) in [5, 5.41) is 13.1. The van der Waals surface area contributed by atoms with Crippen molar-refractivity contribution in [1.82, 2.24) is 5.32 Å². The van der Waals surface area contributed by atoms with Gasteiger partial charge in [-0.2, -0.15) is 0 Å². The van der Waals surface area contributed by atoms with E-state index in [1.165, 1.54) is 18.2 Å². The second kappa shape index (κ2) is 5.05. The van der Waals surface area contributed by atoms with E-state index in [0.717, 1.165) is 11.8 Å². The molecule has 1 amide bonds. The van der Waals surface area contributed by atoms with Crippen molar-refractivity contribution in [3.63, 3.8) is 0 Å². The molecule has 0 unspecified atom stereocenters. The van der Waals surface area contributed by atoms with Crippen LogP contribution in [0, 0.1) is 10.1 Å². The number of carbonyl (C=O) groups is 1. The summed E-state index contributed by atoms with van der Waals surface area (Å²) in [7, 11) is 0. The van der Waals surface area contributed by atoms with Crippen LogP contribution in [0.4, 0.5) is 5.69 Å². The molecule has 0 bridgehead atoms. The van der Waals surface area contributed by atoms with Crippen LogP contribution in [-0.4, -0.2) is 15.2 Å². The fraction of sp³-hybridized carbons (Fsp3) is 0. The highest BCUT2D eigenvalue weighted by atomic mass is 35.5. The molecular weight excluding hydrogens is 296 g/mol. The van der Waals surface area contributed by atoms with E-state index in [2.05, 4.69) is 5.32 Å². The fourth-order valence-electron chi connectivity index (χ4n) is 1.33. The van der Waals surface area contributed by atoms with E-state index in [0.29, 0.717) is 14.8 Å². The molecule has 8 heteroatoms. The van der Waals surface area contributed by atoms with Crippen LogP contribution in [0.5, 0.6) is 0 Å². The van der Waals surface area contributed by atoms with E-state index in [9.17, 15) is 14.9 Å². The lowest BCUT2D eigenvalue weighted by Gasteiger charge is -1.98. The summed E-state index contributed by atoms with van der Waals surface area (Å²) < 4.78 is 0.388. The largest absolute Gasteiger partial charge is 0.307 e. The molecule has 0 spiro atoms. The molecule has 1 fully saturated rings. The number of nitro benzene ring substituents is 1. The Morgan fingerprint density at radius 1 is 1.50 bits per heavy atom. The molecule has 1 aliphatic rings. The van der Waals surface area contributed by atoms with Gasteiger partial charge in [0.15, 0.2) is 0 Å². The second-order valence-electron chi connectivity index (χ2n) is 3.32. The first kappa shape index (κ1) is 13.0. The number of benzene rings is 1. The van der Waals surface area contributed by atoms with Gasteiger partial charge in [-0.25, -0.2) is 0 Å². The Hall–Kier alpha value is -1.44. The van der Waals surface area contributed by atoms with E-state index in [1.807, 2.05) is 0 Å². The van der Waals surface area contributed by atoms with E-state index in [-0.39, 0.29) is 16.6 Å². The number of nitrogens with one attached hydrogen (secondary N) is 1. The molecule has 1 aromatic carbocycles. The Labute approximate surface area is 116 Å². The number of thiocarbonyl (C=S) groups is 1. The Morgan fingerprint density at radius 3 is 2.72 bits per heavy atom. The molecule has 0 radical (unpaired) electrons. The molecule has 1 aliphatic heterocycles. The zero-order valence-corrected chi connectivity index (χ0v) is 11.1. The van der Waals surface area contributed by atoms with Crippen LogP contribution < -0.4 is 5.32 Å². The molecule has 1 N–H and O–H groups in total. The molecule has 0 aliphatic carbocycles. The minimum atomic E-state index is -0.564. The highest BCUT2D eigenvalue weighted by Crippen LogP contribution is 2.29. The standard InChI is InChI=1S/C10H5ClN2O3S2/c11-6-3-5(1-2-7(6)13(15)16)4-8-9(14)12-10(17)18-8/h1-4H,(H,12,14,17)/b8-4+. The van der Waals surface area contributed by atoms with Crippen molar-refractivity contribution in [3.8, 4) is 0 Å². The van der Waals surface area contributed by atoms with Gasteiger partial charge in [-0.15, -0.1) is 0 Å². The summed E-state index contributed by atoms with van der Waals surface area (Å²) in [6.07, 6.45) is 1.58. The van der Waals surface area contributed by atoms with Crippen LogP contribution in [0.1, 0.15) is 5.56 Å². The third-order valence-corrected chi connectivity index (χ3v) is 3.57. The van der Waals surface area contributed by atoms with Gasteiger partial charge in [0.2, 0.25) is 0 Å². The number of halogens is 1. The van der Waals surface area contributed by atoms with Crippen LogP contribution in [0.25, 0.3) is 6.08 Å². The van der Waals surface area contributed by atoms with E-state index >= 15 is 0 Å². The third kappa shape index (κ3) is 2.69. The lowest BCUT2D eigenvalue weighted by atomic mass is 10.2. The number of nitro groups is 1. The second-order valence-corrected chi connectivity index (χ2v) is 5.45. The van der Waals surface area contributed by atoms with Crippen molar-refractivity contribution in [3.05, 3.63) is 43.8 Å². The Bertz CT molecular complexity index is 601. The predicted octanol–water partition coefficient (Wildman–Crippen LogP) is 2.74. The average Bonchev–Trinajstić information content (AvgIpc) is 2.57. The Morgan fingerprint density at radius 2 is 2.22 bits per heavy atom. The molecular formula is C10H5ClN2O3S2. The van der Waals surface area contributed by atoms with Crippen LogP contribution in [0.2, 0.25) is 5.02 Å². The minimum absolute atomic E-state index is 0.0281. The summed E-state index contributed by atoms with van der Waals surface area (Å²) in [5.74, 6) is -0.278. The molecule has 1 saturated heterocycles. The zero-order valence-electron chi connectivity index (χ0n) is 8.68. The first-order chi connectivity index (χ1) is 8.47. The van der Waals surface area contributed by atoms with Crippen LogP contribution in [-0.2, 0) is 4.79 Å². The topological polar surface area (TPSA) is 72.2 Å². The van der Waals surface area contributed by atoms with Crippen molar-refractivity contribution in [2.45, 2.75) is 0 Å². The maximum atomic E-state index is 11.4. The Kier molecular flexibility index (Phi) is 3.65. The highest BCUT2D eigenvalue weighted by Gasteiger charge is 2.22. The number of hydrogen-bond acceptors (Lipinski definition) is 5. The van der Waals surface area contributed by atoms with Gasteiger partial charge in [0, 0.05) is 6.07 Å². The minimum Gasteiger partial charge on any atom is -0.307 e. The number of thioether (sulfide) groups is 1. The maximum absolute atomic E-state index is 11.4. The normalized spacial score (nSPS) is 17.1. The van der Waals surface area contributed by atoms with Gasteiger partial charge < -0.3 is 5.32 Å². The molecule has 5 nitrogen and oxygen atoms in total. The third-order valence-electron chi connectivity index (χ3n) is 2.11. The Balaban J connectivity index is 2.33. The predicted molar refractivity (Wildman–Crippen MR) is 74.4 cm³/mol. The van der Waals surface area contributed by atoms with Crippen LogP contribution in [0.15, 0.2) is 23.1 Å². The van der Waals surface area contributed by atoms with Crippen molar-refractivity contribution in [2.75, 3.05) is 0 Å². The number of carbonyl (C=O) groups excluding carboxylic acids is 1. The van der Waals surface area contributed by atoms with Crippen molar-refractivity contribution < 1.29 is 9.72 Å². The summed E-state index contributed by atoms with van der Waals surface area (Å²) in [6, 6.07) is 4.25. The van der Waals surface area contributed by atoms with Gasteiger partial charge in [-0.3, -0.25) is 14.9 Å². The van der Waals surface area contributed by atoms with Gasteiger partial charge in [0.05, 0.1) is 9.83 Å². The van der Waals surface area contributed by atoms with Gasteiger partial charge in [-0.05, 0) is 23.8 Å². The molecule has 0 aromatic heterocycles. The van der Waals surface area contributed by atoms with Gasteiger partial charge in [0.25, 0.3) is 11.6 Å². The average molecular weight is 301 g/mol. The summed E-state index contributed by atoms with van der Waals surface area (Å²) >= 11 is 11.8. The molecule has 0 saturated carbocycles. The van der Waals surface area contributed by atoms with Gasteiger partial charge in [-0.1, -0.05) is 35.6 Å². The van der Waals surface area contributed by atoms with Crippen molar-refractivity contribution in [1.29, 1.82) is 0 Å². The van der Waals surface area contributed by atoms with E-state index in [1.54, 1.807) is 6.08 Å². The van der Waals surface area contributed by atoms with E-state index < -0.39 is 4.92 Å². The van der Waals surface area contributed by atoms with Gasteiger partial charge in [0.1, 0.15) is 9.34 Å². The summed E-state index contributed by atoms with van der Waals surface area (Å²) in [4.78, 5) is 21.9. The smallest absolute Gasteiger partial charge is 0.287 e. The molecule has 2 rings (SSSR count). The van der Waals surface area contributed by atoms with E-state index in [4.69, 9.17) is 23.8 Å². The molecule has 18 heavy (non-hydrogen) atoms. The quantitative estimate of drug-likeness (QED) is 0.393. The van der Waals surface area contributed by atoms with Crippen LogP contribution >= 0.6 is 35.6 Å². The highest BCUT2D eigenvalue weighted by molar-refractivity contribution is 8.26. The van der Waals surface area contributed by atoms with Crippen molar-refractivity contribution >= 4 is 57.6 Å². The molecule has 1 aromatic rings. The maximum Gasteiger partial charge on any atom is 0.287 e. The number of hydrogen-bond donors (Lipinski definition) is 1.